The fourth-order valence-corrected chi connectivity index (χ4v) is 2.49. The van der Waals surface area contributed by atoms with E-state index in [0.29, 0.717) is 13.2 Å². The van der Waals surface area contributed by atoms with Crippen LogP contribution in [0.2, 0.25) is 0 Å². The molecule has 0 aromatic heterocycles. The highest BCUT2D eigenvalue weighted by Gasteiger charge is 2.37. The average Bonchev–Trinajstić information content (AvgIpc) is 2.86. The van der Waals surface area contributed by atoms with Gasteiger partial charge >= 0.3 is 5.97 Å². The Morgan fingerprint density at radius 2 is 1.95 bits per heavy atom. The lowest BCUT2D eigenvalue weighted by molar-refractivity contribution is -0.160. The van der Waals surface area contributed by atoms with Crippen LogP contribution in [0.25, 0.3) is 0 Å². The average molecular weight is 291 g/mol. The quantitative estimate of drug-likeness (QED) is 0.867. The zero-order valence-corrected chi connectivity index (χ0v) is 13.3. The van der Waals surface area contributed by atoms with Crippen LogP contribution in [0.4, 0.5) is 0 Å². The van der Waals surface area contributed by atoms with E-state index >= 15 is 0 Å². The van der Waals surface area contributed by atoms with E-state index in [1.54, 1.807) is 0 Å². The number of nitrogens with one attached hydrogen (secondary N) is 1. The molecule has 1 N–H and O–H groups in total. The minimum Gasteiger partial charge on any atom is -0.460 e. The molecule has 0 radical (unpaired) electrons. The standard InChI is InChI=1S/C17H25NO3/c1-12(13-8-6-5-7-9-13)18-15-11-20-10-14(15)16(19)21-17(2,3)4/h5-9,12,14-15,18H,10-11H2,1-4H3/t12-,14+,15+/m0/s1. The lowest BCUT2D eigenvalue weighted by Crippen LogP contribution is -2.42. The largest absolute Gasteiger partial charge is 0.460 e. The molecule has 1 saturated heterocycles. The zero-order valence-electron chi connectivity index (χ0n) is 13.3. The Hall–Kier alpha value is -1.39. The number of hydrogen-bond acceptors (Lipinski definition) is 4. The smallest absolute Gasteiger partial charge is 0.313 e. The molecule has 0 amide bonds. The van der Waals surface area contributed by atoms with E-state index < -0.39 is 5.60 Å². The summed E-state index contributed by atoms with van der Waals surface area (Å²) < 4.78 is 11.0. The predicted molar refractivity (Wildman–Crippen MR) is 81.9 cm³/mol. The maximum Gasteiger partial charge on any atom is 0.313 e. The molecule has 1 fully saturated rings. The van der Waals surface area contributed by atoms with Gasteiger partial charge in [-0.15, -0.1) is 0 Å². The molecular weight excluding hydrogens is 266 g/mol. The van der Waals surface area contributed by atoms with Crippen LogP contribution in [-0.2, 0) is 14.3 Å². The first kappa shape index (κ1) is 16.0. The molecule has 3 atom stereocenters. The van der Waals surface area contributed by atoms with E-state index in [2.05, 4.69) is 24.4 Å². The van der Waals surface area contributed by atoms with Crippen molar-refractivity contribution < 1.29 is 14.3 Å². The molecule has 1 aromatic rings. The Morgan fingerprint density at radius 3 is 2.57 bits per heavy atom. The van der Waals surface area contributed by atoms with E-state index in [0.717, 1.165) is 0 Å². The maximum absolute atomic E-state index is 12.2. The second-order valence-electron chi connectivity index (χ2n) is 6.58. The van der Waals surface area contributed by atoms with Crippen LogP contribution >= 0.6 is 0 Å². The topological polar surface area (TPSA) is 47.6 Å². The summed E-state index contributed by atoms with van der Waals surface area (Å²) in [4.78, 5) is 12.2. The Morgan fingerprint density at radius 1 is 1.29 bits per heavy atom. The van der Waals surface area contributed by atoms with Crippen molar-refractivity contribution in [2.45, 2.75) is 45.4 Å². The van der Waals surface area contributed by atoms with Crippen LogP contribution < -0.4 is 5.32 Å². The lowest BCUT2D eigenvalue weighted by Gasteiger charge is -2.26. The van der Waals surface area contributed by atoms with Gasteiger partial charge < -0.3 is 14.8 Å². The summed E-state index contributed by atoms with van der Waals surface area (Å²) in [5.41, 5.74) is 0.738. The summed E-state index contributed by atoms with van der Waals surface area (Å²) in [5, 5.41) is 3.49. The van der Waals surface area contributed by atoms with Gasteiger partial charge in [-0.3, -0.25) is 4.79 Å². The number of carbonyl (C=O) groups excluding carboxylic acids is 1. The van der Waals surface area contributed by atoms with Crippen molar-refractivity contribution in [2.75, 3.05) is 13.2 Å². The van der Waals surface area contributed by atoms with Gasteiger partial charge in [0.15, 0.2) is 0 Å². The van der Waals surface area contributed by atoms with Crippen molar-refractivity contribution in [3.05, 3.63) is 35.9 Å². The van der Waals surface area contributed by atoms with E-state index in [-0.39, 0.29) is 24.0 Å². The van der Waals surface area contributed by atoms with Crippen molar-refractivity contribution in [1.82, 2.24) is 5.32 Å². The Labute approximate surface area is 126 Å². The molecule has 1 aliphatic rings. The number of hydrogen-bond donors (Lipinski definition) is 1. The number of esters is 1. The molecule has 2 rings (SSSR count). The van der Waals surface area contributed by atoms with E-state index in [1.165, 1.54) is 5.56 Å². The van der Waals surface area contributed by atoms with Crippen molar-refractivity contribution >= 4 is 5.97 Å². The number of ether oxygens (including phenoxy) is 2. The normalized spacial score (nSPS) is 23.8. The molecule has 4 heteroatoms. The lowest BCUT2D eigenvalue weighted by atomic mass is 10.0. The Kier molecular flexibility index (Phi) is 5.01. The van der Waals surface area contributed by atoms with Crippen molar-refractivity contribution in [3.8, 4) is 0 Å². The van der Waals surface area contributed by atoms with E-state index in [4.69, 9.17) is 9.47 Å². The van der Waals surface area contributed by atoms with Crippen LogP contribution in [-0.4, -0.2) is 30.8 Å². The molecule has 1 heterocycles. The van der Waals surface area contributed by atoms with Crippen LogP contribution in [0.5, 0.6) is 0 Å². The van der Waals surface area contributed by atoms with E-state index in [1.807, 2.05) is 39.0 Å². The van der Waals surface area contributed by atoms with Gasteiger partial charge in [0.1, 0.15) is 5.60 Å². The number of carbonyl (C=O) groups is 1. The first-order valence-electron chi connectivity index (χ1n) is 7.48. The third-order valence-electron chi connectivity index (χ3n) is 3.55. The van der Waals surface area contributed by atoms with Gasteiger partial charge in [-0.2, -0.15) is 0 Å². The molecular formula is C17H25NO3. The fourth-order valence-electron chi connectivity index (χ4n) is 2.49. The summed E-state index contributed by atoms with van der Waals surface area (Å²) in [6, 6.07) is 10.4. The fraction of sp³-hybridized carbons (Fsp3) is 0.588. The zero-order chi connectivity index (χ0) is 15.5. The number of rotatable bonds is 4. The Bertz CT molecular complexity index is 467. The molecule has 0 bridgehead atoms. The van der Waals surface area contributed by atoms with Gasteiger partial charge in [0.05, 0.1) is 19.1 Å². The molecule has 21 heavy (non-hydrogen) atoms. The van der Waals surface area contributed by atoms with Crippen molar-refractivity contribution in [3.63, 3.8) is 0 Å². The summed E-state index contributed by atoms with van der Waals surface area (Å²) >= 11 is 0. The molecule has 0 aliphatic carbocycles. The second-order valence-corrected chi connectivity index (χ2v) is 6.58. The van der Waals surface area contributed by atoms with E-state index in [9.17, 15) is 4.79 Å². The second kappa shape index (κ2) is 6.58. The highest BCUT2D eigenvalue weighted by molar-refractivity contribution is 5.74. The van der Waals surface area contributed by atoms with Crippen LogP contribution in [0.1, 0.15) is 39.3 Å². The maximum atomic E-state index is 12.2. The monoisotopic (exact) mass is 291 g/mol. The molecule has 1 aliphatic heterocycles. The van der Waals surface area contributed by atoms with Crippen LogP contribution in [0.3, 0.4) is 0 Å². The van der Waals surface area contributed by atoms with Gasteiger partial charge in [-0.1, -0.05) is 30.3 Å². The van der Waals surface area contributed by atoms with Gasteiger partial charge in [-0.05, 0) is 33.3 Å². The van der Waals surface area contributed by atoms with Crippen LogP contribution in [0.15, 0.2) is 30.3 Å². The molecule has 0 spiro atoms. The van der Waals surface area contributed by atoms with Crippen LogP contribution in [0, 0.1) is 5.92 Å². The molecule has 0 unspecified atom stereocenters. The van der Waals surface area contributed by atoms with Gasteiger partial charge in [-0.25, -0.2) is 0 Å². The number of benzene rings is 1. The third kappa shape index (κ3) is 4.55. The SMILES string of the molecule is C[C@H](N[C@@H]1COC[C@H]1C(=O)OC(C)(C)C)c1ccccc1. The summed E-state index contributed by atoms with van der Waals surface area (Å²) in [6.45, 7) is 8.72. The first-order chi connectivity index (χ1) is 9.87. The third-order valence-corrected chi connectivity index (χ3v) is 3.55. The minimum atomic E-state index is -0.463. The first-order valence-corrected chi connectivity index (χ1v) is 7.48. The summed E-state index contributed by atoms with van der Waals surface area (Å²) in [5.74, 6) is -0.423. The summed E-state index contributed by atoms with van der Waals surface area (Å²) in [7, 11) is 0. The molecule has 4 nitrogen and oxygen atoms in total. The van der Waals surface area contributed by atoms with Gasteiger partial charge in [0.25, 0.3) is 0 Å². The Balaban J connectivity index is 1.97. The molecule has 1 aromatic carbocycles. The van der Waals surface area contributed by atoms with Gasteiger partial charge in [0, 0.05) is 12.1 Å². The summed E-state index contributed by atoms with van der Waals surface area (Å²) in [6.07, 6.45) is 0. The highest BCUT2D eigenvalue weighted by atomic mass is 16.6. The predicted octanol–water partition coefficient (Wildman–Crippen LogP) is 2.69. The highest BCUT2D eigenvalue weighted by Crippen LogP contribution is 2.22. The van der Waals surface area contributed by atoms with Crippen molar-refractivity contribution in [2.24, 2.45) is 5.92 Å². The van der Waals surface area contributed by atoms with Gasteiger partial charge in [0.2, 0.25) is 0 Å². The minimum absolute atomic E-state index is 0.00458. The molecule has 0 saturated carbocycles. The molecule has 116 valence electrons. The van der Waals surface area contributed by atoms with Crippen molar-refractivity contribution in [1.29, 1.82) is 0 Å².